The van der Waals surface area contributed by atoms with E-state index in [1.54, 1.807) is 13.2 Å². The number of benzene rings is 2. The van der Waals surface area contributed by atoms with Crippen molar-refractivity contribution in [2.75, 3.05) is 13.7 Å². The summed E-state index contributed by atoms with van der Waals surface area (Å²) in [6.45, 7) is 0.243. The molecule has 0 spiro atoms. The quantitative estimate of drug-likeness (QED) is 0.656. The lowest BCUT2D eigenvalue weighted by Gasteiger charge is -2.09. The van der Waals surface area contributed by atoms with Crippen LogP contribution in [0.15, 0.2) is 42.5 Å². The molecule has 2 aromatic rings. The van der Waals surface area contributed by atoms with Crippen LogP contribution in [0.2, 0.25) is 0 Å². The van der Waals surface area contributed by atoms with E-state index in [9.17, 15) is 19.3 Å². The first-order chi connectivity index (χ1) is 11.0. The van der Waals surface area contributed by atoms with E-state index in [0.29, 0.717) is 12.2 Å². The van der Waals surface area contributed by atoms with Crippen LogP contribution in [0.25, 0.3) is 0 Å². The van der Waals surface area contributed by atoms with Crippen molar-refractivity contribution in [3.8, 4) is 5.75 Å². The van der Waals surface area contributed by atoms with Gasteiger partial charge in [-0.25, -0.2) is 4.39 Å². The molecule has 0 radical (unpaired) electrons. The number of nitro benzene ring substituents is 1. The number of hydrogen-bond donors (Lipinski definition) is 1. The fraction of sp³-hybridized carbons (Fsp3) is 0.188. The minimum absolute atomic E-state index is 0.243. The fourth-order valence-electron chi connectivity index (χ4n) is 2.16. The number of para-hydroxylation sites is 1. The molecule has 1 N–H and O–H groups in total. The Bertz CT molecular complexity index is 734. The van der Waals surface area contributed by atoms with Crippen molar-refractivity contribution in [2.24, 2.45) is 0 Å². The predicted octanol–water partition coefficient (Wildman–Crippen LogP) is 2.72. The van der Waals surface area contributed by atoms with Crippen molar-refractivity contribution < 1.29 is 18.8 Å². The molecule has 0 aliphatic heterocycles. The number of carbonyl (C=O) groups is 1. The molecule has 0 saturated carbocycles. The van der Waals surface area contributed by atoms with Crippen molar-refractivity contribution in [1.29, 1.82) is 0 Å². The molecule has 1 amide bonds. The molecule has 2 rings (SSSR count). The van der Waals surface area contributed by atoms with Crippen LogP contribution in [0.3, 0.4) is 0 Å². The van der Waals surface area contributed by atoms with Crippen LogP contribution in [0.4, 0.5) is 10.1 Å². The van der Waals surface area contributed by atoms with Gasteiger partial charge in [-0.2, -0.15) is 0 Å². The van der Waals surface area contributed by atoms with Gasteiger partial charge in [0.2, 0.25) is 0 Å². The van der Waals surface area contributed by atoms with E-state index >= 15 is 0 Å². The number of nitro groups is 1. The normalized spacial score (nSPS) is 10.2. The number of carbonyl (C=O) groups excluding carboxylic acids is 1. The number of methoxy groups -OCH3 is 1. The standard InChI is InChI=1S/C16H15FN2O4/c1-23-15-5-3-2-4-11(15)8-9-18-16(20)13-10-12(17)6-7-14(13)19(21)22/h2-7,10H,8-9H2,1H3,(H,18,20). The average Bonchev–Trinajstić information content (AvgIpc) is 2.54. The first kappa shape index (κ1) is 16.4. The van der Waals surface area contributed by atoms with Crippen molar-refractivity contribution in [2.45, 2.75) is 6.42 Å². The van der Waals surface area contributed by atoms with Gasteiger partial charge >= 0.3 is 0 Å². The third kappa shape index (κ3) is 4.03. The maximum absolute atomic E-state index is 13.2. The van der Waals surface area contributed by atoms with Gasteiger partial charge in [0.1, 0.15) is 17.1 Å². The topological polar surface area (TPSA) is 81.5 Å². The maximum atomic E-state index is 13.2. The molecule has 0 heterocycles. The zero-order valence-electron chi connectivity index (χ0n) is 12.4. The van der Waals surface area contributed by atoms with Crippen molar-refractivity contribution in [3.05, 3.63) is 69.5 Å². The highest BCUT2D eigenvalue weighted by molar-refractivity contribution is 5.98. The zero-order valence-corrected chi connectivity index (χ0v) is 12.4. The Balaban J connectivity index is 2.06. The molecule has 120 valence electrons. The van der Waals surface area contributed by atoms with Gasteiger partial charge in [-0.3, -0.25) is 14.9 Å². The first-order valence-electron chi connectivity index (χ1n) is 6.87. The lowest BCUT2D eigenvalue weighted by Crippen LogP contribution is -2.26. The fourth-order valence-corrected chi connectivity index (χ4v) is 2.16. The molecule has 0 fully saturated rings. The Kier molecular flexibility index (Phi) is 5.24. The molecule has 23 heavy (non-hydrogen) atoms. The number of amides is 1. The summed E-state index contributed by atoms with van der Waals surface area (Å²) >= 11 is 0. The number of ether oxygens (including phenoxy) is 1. The summed E-state index contributed by atoms with van der Waals surface area (Å²) in [6.07, 6.45) is 0.485. The van der Waals surface area contributed by atoms with Gasteiger partial charge in [0, 0.05) is 12.6 Å². The van der Waals surface area contributed by atoms with Gasteiger partial charge in [-0.05, 0) is 30.2 Å². The van der Waals surface area contributed by atoms with Crippen molar-refractivity contribution >= 4 is 11.6 Å². The maximum Gasteiger partial charge on any atom is 0.282 e. The summed E-state index contributed by atoms with van der Waals surface area (Å²) in [6, 6.07) is 10.1. The summed E-state index contributed by atoms with van der Waals surface area (Å²) in [5, 5.41) is 13.5. The summed E-state index contributed by atoms with van der Waals surface area (Å²) in [4.78, 5) is 22.2. The second-order valence-electron chi connectivity index (χ2n) is 4.74. The first-order valence-corrected chi connectivity index (χ1v) is 6.87. The van der Waals surface area contributed by atoms with E-state index in [-0.39, 0.29) is 12.1 Å². The highest BCUT2D eigenvalue weighted by Crippen LogP contribution is 2.20. The van der Waals surface area contributed by atoms with Gasteiger partial charge in [0.15, 0.2) is 0 Å². The number of rotatable bonds is 6. The lowest BCUT2D eigenvalue weighted by molar-refractivity contribution is -0.385. The summed E-state index contributed by atoms with van der Waals surface area (Å²) in [5.41, 5.74) is 0.167. The summed E-state index contributed by atoms with van der Waals surface area (Å²) < 4.78 is 18.4. The van der Waals surface area contributed by atoms with Gasteiger partial charge < -0.3 is 10.1 Å². The molecule has 0 atom stereocenters. The number of nitrogens with one attached hydrogen (secondary N) is 1. The third-order valence-corrected chi connectivity index (χ3v) is 3.27. The van der Waals surface area contributed by atoms with Gasteiger partial charge in [0.05, 0.1) is 12.0 Å². The van der Waals surface area contributed by atoms with Crippen molar-refractivity contribution in [3.63, 3.8) is 0 Å². The molecular formula is C16H15FN2O4. The molecule has 0 aliphatic carbocycles. The molecule has 0 aliphatic rings. The Hall–Kier alpha value is -2.96. The Morgan fingerprint density at radius 2 is 2.04 bits per heavy atom. The van der Waals surface area contributed by atoms with Crippen LogP contribution in [0.5, 0.6) is 5.75 Å². The van der Waals surface area contributed by atoms with E-state index in [4.69, 9.17) is 4.74 Å². The monoisotopic (exact) mass is 318 g/mol. The number of nitrogens with zero attached hydrogens (tertiary/aromatic N) is 1. The van der Waals surface area contributed by atoms with Crippen LogP contribution < -0.4 is 10.1 Å². The summed E-state index contributed by atoms with van der Waals surface area (Å²) in [7, 11) is 1.55. The minimum atomic E-state index is -0.714. The van der Waals surface area contributed by atoms with Crippen LogP contribution in [0, 0.1) is 15.9 Å². The molecule has 7 heteroatoms. The minimum Gasteiger partial charge on any atom is -0.496 e. The van der Waals surface area contributed by atoms with Crippen molar-refractivity contribution in [1.82, 2.24) is 5.32 Å². The van der Waals surface area contributed by atoms with Gasteiger partial charge in [-0.1, -0.05) is 18.2 Å². The second kappa shape index (κ2) is 7.35. The Morgan fingerprint density at radius 3 is 2.74 bits per heavy atom. The Labute approximate surface area is 132 Å². The SMILES string of the molecule is COc1ccccc1CCNC(=O)c1cc(F)ccc1[N+](=O)[O-]. The smallest absolute Gasteiger partial charge is 0.282 e. The van der Waals surface area contributed by atoms with Crippen LogP contribution >= 0.6 is 0 Å². The zero-order chi connectivity index (χ0) is 16.8. The van der Waals surface area contributed by atoms with Crippen LogP contribution in [-0.2, 0) is 6.42 Å². The third-order valence-electron chi connectivity index (χ3n) is 3.27. The van der Waals surface area contributed by atoms with E-state index in [1.165, 1.54) is 0 Å². The highest BCUT2D eigenvalue weighted by Gasteiger charge is 2.20. The molecule has 0 bridgehead atoms. The lowest BCUT2D eigenvalue weighted by atomic mass is 10.1. The van der Waals surface area contributed by atoms with E-state index < -0.39 is 22.3 Å². The van der Waals surface area contributed by atoms with Crippen LogP contribution in [-0.4, -0.2) is 24.5 Å². The summed E-state index contributed by atoms with van der Waals surface area (Å²) in [5.74, 6) is -0.699. The largest absolute Gasteiger partial charge is 0.496 e. The highest BCUT2D eigenvalue weighted by atomic mass is 19.1. The molecule has 0 aromatic heterocycles. The average molecular weight is 318 g/mol. The molecule has 0 saturated heterocycles. The molecule has 0 unspecified atom stereocenters. The molecule has 6 nitrogen and oxygen atoms in total. The van der Waals surface area contributed by atoms with E-state index in [0.717, 1.165) is 23.8 Å². The van der Waals surface area contributed by atoms with E-state index in [2.05, 4.69) is 5.32 Å². The van der Waals surface area contributed by atoms with Crippen LogP contribution in [0.1, 0.15) is 15.9 Å². The molecule has 2 aromatic carbocycles. The predicted molar refractivity (Wildman–Crippen MR) is 82.1 cm³/mol. The Morgan fingerprint density at radius 1 is 1.30 bits per heavy atom. The molecular weight excluding hydrogens is 303 g/mol. The van der Waals surface area contributed by atoms with E-state index in [1.807, 2.05) is 18.2 Å². The van der Waals surface area contributed by atoms with Gasteiger partial charge in [-0.15, -0.1) is 0 Å². The second-order valence-corrected chi connectivity index (χ2v) is 4.74. The number of halogens is 1. The van der Waals surface area contributed by atoms with Gasteiger partial charge in [0.25, 0.3) is 11.6 Å². The number of hydrogen-bond acceptors (Lipinski definition) is 4.